The molecule has 6 rings (SSSR count). The predicted octanol–water partition coefficient (Wildman–Crippen LogP) is 4.56. The number of rotatable bonds is 5. The van der Waals surface area contributed by atoms with Crippen LogP contribution in [0.5, 0.6) is 0 Å². The standard InChI is InChI=1S/C26H30F2N6O2/c1-13-14(2)31-26-24(30-13)23(20-6-3-17(27)9-21(20)28)32-25(33-26)15-7-19(12-35)36-22(8-15)16-10-29-34(11-16)18-4-5-18/h3,6,9-11,13-15,18-19,22,30,35H,4-5,7-8,12H2,1-2H3,(H,31,32,33)/t13?,14?,15-,19-,22+/m0/s1. The maximum Gasteiger partial charge on any atom is 0.154 e. The fourth-order valence-electron chi connectivity index (χ4n) is 5.09. The van der Waals surface area contributed by atoms with Crippen molar-refractivity contribution in [2.75, 3.05) is 17.2 Å². The van der Waals surface area contributed by atoms with Crippen LogP contribution in [-0.4, -0.2) is 49.6 Å². The largest absolute Gasteiger partial charge is 0.394 e. The van der Waals surface area contributed by atoms with Gasteiger partial charge in [-0.2, -0.15) is 5.10 Å². The van der Waals surface area contributed by atoms with E-state index in [2.05, 4.69) is 15.7 Å². The Labute approximate surface area is 208 Å². The molecule has 0 amide bonds. The Hall–Kier alpha value is -3.11. The Balaban J connectivity index is 1.39. The van der Waals surface area contributed by atoms with Gasteiger partial charge in [0.25, 0.3) is 0 Å². The number of hydrogen-bond donors (Lipinski definition) is 3. The fraction of sp³-hybridized carbons (Fsp3) is 0.500. The Morgan fingerprint density at radius 1 is 1.11 bits per heavy atom. The summed E-state index contributed by atoms with van der Waals surface area (Å²) in [5.74, 6) is -0.314. The Morgan fingerprint density at radius 3 is 2.67 bits per heavy atom. The molecule has 0 radical (unpaired) electrons. The van der Waals surface area contributed by atoms with E-state index in [0.717, 1.165) is 24.5 Å². The predicted molar refractivity (Wildman–Crippen MR) is 131 cm³/mol. The van der Waals surface area contributed by atoms with Gasteiger partial charge < -0.3 is 20.5 Å². The lowest BCUT2D eigenvalue weighted by Gasteiger charge is -2.36. The third-order valence-electron chi connectivity index (χ3n) is 7.48. The lowest BCUT2D eigenvalue weighted by atomic mass is 9.88. The van der Waals surface area contributed by atoms with Gasteiger partial charge in [0.2, 0.25) is 0 Å². The second-order valence-corrected chi connectivity index (χ2v) is 10.2. The molecule has 36 heavy (non-hydrogen) atoms. The van der Waals surface area contributed by atoms with Gasteiger partial charge in [0.15, 0.2) is 5.82 Å². The normalized spacial score (nSPS) is 27.8. The first-order valence-electron chi connectivity index (χ1n) is 12.6. The first-order chi connectivity index (χ1) is 17.4. The van der Waals surface area contributed by atoms with Crippen molar-refractivity contribution in [2.45, 2.75) is 75.8 Å². The molecule has 5 atom stereocenters. The van der Waals surface area contributed by atoms with Crippen LogP contribution in [0.2, 0.25) is 0 Å². The second-order valence-electron chi connectivity index (χ2n) is 10.2. The summed E-state index contributed by atoms with van der Waals surface area (Å²) in [6.45, 7) is 3.95. The smallest absolute Gasteiger partial charge is 0.154 e. The quantitative estimate of drug-likeness (QED) is 0.476. The van der Waals surface area contributed by atoms with Crippen LogP contribution in [0, 0.1) is 11.6 Å². The second kappa shape index (κ2) is 9.08. The van der Waals surface area contributed by atoms with E-state index in [1.807, 2.05) is 30.9 Å². The number of aliphatic hydroxyl groups excluding tert-OH is 1. The molecule has 190 valence electrons. The van der Waals surface area contributed by atoms with Gasteiger partial charge in [0.05, 0.1) is 31.1 Å². The zero-order chi connectivity index (χ0) is 25.0. The summed E-state index contributed by atoms with van der Waals surface area (Å²) in [5, 5.41) is 21.3. The highest BCUT2D eigenvalue weighted by Gasteiger charge is 2.36. The molecule has 3 N–H and O–H groups in total. The molecule has 4 heterocycles. The first-order valence-corrected chi connectivity index (χ1v) is 12.6. The Morgan fingerprint density at radius 2 is 1.92 bits per heavy atom. The number of anilines is 2. The number of halogens is 2. The molecule has 3 aliphatic rings. The van der Waals surface area contributed by atoms with Crippen LogP contribution in [0.25, 0.3) is 11.3 Å². The van der Waals surface area contributed by atoms with Crippen LogP contribution in [0.1, 0.15) is 69.0 Å². The highest BCUT2D eigenvalue weighted by atomic mass is 19.1. The van der Waals surface area contributed by atoms with Gasteiger partial charge in [0.1, 0.15) is 28.8 Å². The zero-order valence-electron chi connectivity index (χ0n) is 20.3. The number of hydrogen-bond acceptors (Lipinski definition) is 7. The maximum absolute atomic E-state index is 14.9. The van der Waals surface area contributed by atoms with E-state index in [1.165, 1.54) is 12.1 Å². The van der Waals surface area contributed by atoms with Gasteiger partial charge in [-0.25, -0.2) is 18.7 Å². The van der Waals surface area contributed by atoms with E-state index in [9.17, 15) is 13.9 Å². The van der Waals surface area contributed by atoms with Gasteiger partial charge in [0, 0.05) is 41.4 Å². The highest BCUT2D eigenvalue weighted by Crippen LogP contribution is 2.43. The third-order valence-corrected chi connectivity index (χ3v) is 7.48. The van der Waals surface area contributed by atoms with Crippen molar-refractivity contribution in [3.63, 3.8) is 0 Å². The maximum atomic E-state index is 14.9. The van der Waals surface area contributed by atoms with Gasteiger partial charge in [-0.05, 0) is 51.7 Å². The summed E-state index contributed by atoms with van der Waals surface area (Å²) in [6.07, 6.45) is 6.64. The van der Waals surface area contributed by atoms with Gasteiger partial charge in [-0.15, -0.1) is 0 Å². The molecule has 1 aliphatic carbocycles. The monoisotopic (exact) mass is 496 g/mol. The molecule has 2 unspecified atom stereocenters. The number of fused-ring (bicyclic) bond motifs is 1. The minimum atomic E-state index is -0.680. The number of aromatic nitrogens is 4. The number of ether oxygens (including phenoxy) is 1. The van der Waals surface area contributed by atoms with E-state index >= 15 is 0 Å². The average molecular weight is 497 g/mol. The van der Waals surface area contributed by atoms with Crippen LogP contribution in [0.3, 0.4) is 0 Å². The first kappa shape index (κ1) is 23.3. The minimum absolute atomic E-state index is 0.0587. The summed E-state index contributed by atoms with van der Waals surface area (Å²) >= 11 is 0. The van der Waals surface area contributed by atoms with E-state index in [4.69, 9.17) is 14.7 Å². The average Bonchev–Trinajstić information content (AvgIpc) is 3.60. The van der Waals surface area contributed by atoms with E-state index in [-0.39, 0.29) is 42.4 Å². The molecule has 0 spiro atoms. The van der Waals surface area contributed by atoms with Crippen molar-refractivity contribution in [3.8, 4) is 11.3 Å². The Kier molecular flexibility index (Phi) is 5.88. The fourth-order valence-corrected chi connectivity index (χ4v) is 5.09. The summed E-state index contributed by atoms with van der Waals surface area (Å²) in [5.41, 5.74) is 2.17. The molecular formula is C26H30F2N6O2. The highest BCUT2D eigenvalue weighted by molar-refractivity contribution is 5.84. The molecule has 2 aliphatic heterocycles. The number of benzene rings is 1. The molecule has 10 heteroatoms. The molecule has 1 saturated heterocycles. The van der Waals surface area contributed by atoms with Gasteiger partial charge in [-0.3, -0.25) is 4.68 Å². The molecule has 2 fully saturated rings. The summed E-state index contributed by atoms with van der Waals surface area (Å²) in [6, 6.07) is 4.13. The SMILES string of the molecule is CC1Nc2nc([C@H]3C[C@@H](CO)O[C@@H](c4cnn(C5CC5)c4)C3)nc(-c3ccc(F)cc3F)c2NC1C. The van der Waals surface area contributed by atoms with Crippen LogP contribution in [0.15, 0.2) is 30.6 Å². The third kappa shape index (κ3) is 4.32. The molecule has 3 aromatic rings. The van der Waals surface area contributed by atoms with Crippen molar-refractivity contribution >= 4 is 11.5 Å². The molecular weight excluding hydrogens is 466 g/mol. The Bertz CT molecular complexity index is 1280. The van der Waals surface area contributed by atoms with E-state index < -0.39 is 11.6 Å². The van der Waals surface area contributed by atoms with Crippen molar-refractivity contribution in [3.05, 3.63) is 53.6 Å². The van der Waals surface area contributed by atoms with Crippen molar-refractivity contribution in [1.82, 2.24) is 19.7 Å². The lowest BCUT2D eigenvalue weighted by molar-refractivity contribution is -0.0819. The van der Waals surface area contributed by atoms with Crippen LogP contribution in [-0.2, 0) is 4.74 Å². The van der Waals surface area contributed by atoms with Gasteiger partial charge in [-0.1, -0.05) is 0 Å². The molecule has 0 bridgehead atoms. The topological polar surface area (TPSA) is 97.1 Å². The van der Waals surface area contributed by atoms with Crippen LogP contribution >= 0.6 is 0 Å². The van der Waals surface area contributed by atoms with Crippen molar-refractivity contribution in [1.29, 1.82) is 0 Å². The van der Waals surface area contributed by atoms with Gasteiger partial charge >= 0.3 is 0 Å². The molecule has 1 aromatic carbocycles. The minimum Gasteiger partial charge on any atom is -0.394 e. The van der Waals surface area contributed by atoms with Crippen molar-refractivity contribution < 1.29 is 18.6 Å². The molecule has 8 nitrogen and oxygen atoms in total. The zero-order valence-corrected chi connectivity index (χ0v) is 20.3. The van der Waals surface area contributed by atoms with E-state index in [0.29, 0.717) is 41.9 Å². The summed E-state index contributed by atoms with van der Waals surface area (Å²) in [7, 11) is 0. The van der Waals surface area contributed by atoms with Crippen LogP contribution < -0.4 is 10.6 Å². The van der Waals surface area contributed by atoms with Crippen LogP contribution in [0.4, 0.5) is 20.3 Å². The molecule has 1 saturated carbocycles. The number of nitrogens with zero attached hydrogens (tertiary/aromatic N) is 4. The summed E-state index contributed by atoms with van der Waals surface area (Å²) < 4.78 is 36.8. The number of nitrogens with one attached hydrogen (secondary N) is 2. The molecule has 2 aromatic heterocycles. The van der Waals surface area contributed by atoms with Crippen molar-refractivity contribution in [2.24, 2.45) is 0 Å². The summed E-state index contributed by atoms with van der Waals surface area (Å²) in [4.78, 5) is 9.69. The number of aliphatic hydroxyl groups is 1. The van der Waals surface area contributed by atoms with E-state index in [1.54, 1.807) is 0 Å². The lowest BCUT2D eigenvalue weighted by Crippen LogP contribution is -2.40.